The van der Waals surface area contributed by atoms with Crippen molar-refractivity contribution in [3.63, 3.8) is 0 Å². The fourth-order valence-electron chi connectivity index (χ4n) is 3.22. The maximum atomic E-state index is 13.0. The summed E-state index contributed by atoms with van der Waals surface area (Å²) in [5.74, 6) is -0.706. The van der Waals surface area contributed by atoms with Gasteiger partial charge in [-0.15, -0.1) is 0 Å². The van der Waals surface area contributed by atoms with Crippen molar-refractivity contribution in [3.8, 4) is 0 Å². The molecule has 0 bridgehead atoms. The first-order valence-corrected chi connectivity index (χ1v) is 8.70. The van der Waals surface area contributed by atoms with E-state index in [4.69, 9.17) is 0 Å². The number of carboxylic acid groups (broad SMARTS) is 1. The number of carbonyl (C=O) groups is 1. The minimum Gasteiger partial charge on any atom is -0.478 e. The highest BCUT2D eigenvalue weighted by molar-refractivity contribution is 5.95. The summed E-state index contributed by atoms with van der Waals surface area (Å²) in [6.07, 6.45) is 10.6. The number of aromatic carboxylic acids is 1. The molecule has 0 aliphatic heterocycles. The van der Waals surface area contributed by atoms with Gasteiger partial charge in [-0.2, -0.15) is 0 Å². The molecule has 2 aromatic carbocycles. The molecule has 130 valence electrons. The summed E-state index contributed by atoms with van der Waals surface area (Å²) in [5, 5.41) is 12.5. The molecule has 4 heteroatoms. The first-order valence-electron chi connectivity index (χ1n) is 8.70. The van der Waals surface area contributed by atoms with E-state index in [1.165, 1.54) is 44.2 Å². The van der Waals surface area contributed by atoms with Crippen LogP contribution in [0.25, 0.3) is 6.08 Å². The number of hydrogen-bond donors (Lipinski definition) is 2. The average Bonchev–Trinajstić information content (AvgIpc) is 2.63. The minimum atomic E-state index is -0.993. The molecule has 0 radical (unpaired) electrons. The molecular formula is C21H22FNO2. The molecule has 0 spiro atoms. The maximum absolute atomic E-state index is 13.0. The zero-order chi connectivity index (χ0) is 17.6. The third-order valence-electron chi connectivity index (χ3n) is 4.61. The van der Waals surface area contributed by atoms with Gasteiger partial charge in [0.1, 0.15) is 5.82 Å². The zero-order valence-electron chi connectivity index (χ0n) is 14.0. The summed E-state index contributed by atoms with van der Waals surface area (Å²) in [6, 6.07) is 11.1. The molecular weight excluding hydrogens is 317 g/mol. The van der Waals surface area contributed by atoms with Gasteiger partial charge in [-0.3, -0.25) is 0 Å². The van der Waals surface area contributed by atoms with E-state index in [0.29, 0.717) is 17.3 Å². The van der Waals surface area contributed by atoms with E-state index in [-0.39, 0.29) is 11.4 Å². The summed E-state index contributed by atoms with van der Waals surface area (Å²) in [6.45, 7) is 0. The fourth-order valence-corrected chi connectivity index (χ4v) is 3.22. The lowest BCUT2D eigenvalue weighted by Gasteiger charge is -2.17. The van der Waals surface area contributed by atoms with Crippen LogP contribution in [0, 0.1) is 11.7 Å². The summed E-state index contributed by atoms with van der Waals surface area (Å²) < 4.78 is 13.0. The number of carboxylic acids is 1. The molecule has 1 aliphatic carbocycles. The third kappa shape index (κ3) is 4.69. The van der Waals surface area contributed by atoms with Gasteiger partial charge in [0.2, 0.25) is 0 Å². The van der Waals surface area contributed by atoms with Crippen molar-refractivity contribution in [2.24, 2.45) is 5.92 Å². The first kappa shape index (κ1) is 17.2. The second-order valence-electron chi connectivity index (χ2n) is 6.50. The van der Waals surface area contributed by atoms with Crippen molar-refractivity contribution >= 4 is 23.4 Å². The summed E-state index contributed by atoms with van der Waals surface area (Å²) in [5.41, 5.74) is 2.31. The highest BCUT2D eigenvalue weighted by Crippen LogP contribution is 2.27. The lowest BCUT2D eigenvalue weighted by Crippen LogP contribution is -2.04. The van der Waals surface area contributed by atoms with Crippen LogP contribution in [0.3, 0.4) is 0 Å². The minimum absolute atomic E-state index is 0.194. The van der Waals surface area contributed by atoms with E-state index < -0.39 is 5.97 Å². The Kier molecular flexibility index (Phi) is 5.49. The highest BCUT2D eigenvalue weighted by atomic mass is 19.1. The second kappa shape index (κ2) is 7.97. The Morgan fingerprint density at radius 3 is 2.48 bits per heavy atom. The molecule has 3 rings (SSSR count). The third-order valence-corrected chi connectivity index (χ3v) is 4.61. The average molecular weight is 339 g/mol. The van der Waals surface area contributed by atoms with E-state index in [2.05, 4.69) is 17.5 Å². The Hall–Kier alpha value is -2.62. The van der Waals surface area contributed by atoms with Gasteiger partial charge in [0.15, 0.2) is 0 Å². The van der Waals surface area contributed by atoms with E-state index in [9.17, 15) is 14.3 Å². The predicted octanol–water partition coefficient (Wildman–Crippen LogP) is 5.86. The van der Waals surface area contributed by atoms with Crippen molar-refractivity contribution in [3.05, 3.63) is 65.5 Å². The number of allylic oxidation sites excluding steroid dienone is 1. The van der Waals surface area contributed by atoms with Gasteiger partial charge >= 0.3 is 5.97 Å². The number of halogens is 1. The summed E-state index contributed by atoms with van der Waals surface area (Å²) in [4.78, 5) is 11.5. The number of rotatable bonds is 5. The standard InChI is InChI=1S/C21H22FNO2/c22-17-9-11-18(12-10-17)23-20-14-16(8-13-19(20)21(24)25)7-6-15-4-2-1-3-5-15/h6-15,23H,1-5H2,(H,24,25)/b7-6+. The molecule has 3 nitrogen and oxygen atoms in total. The van der Waals surface area contributed by atoms with E-state index in [1.54, 1.807) is 18.2 Å². The molecule has 25 heavy (non-hydrogen) atoms. The largest absolute Gasteiger partial charge is 0.478 e. The van der Waals surface area contributed by atoms with Crippen LogP contribution in [0.5, 0.6) is 0 Å². The summed E-state index contributed by atoms with van der Waals surface area (Å²) in [7, 11) is 0. The van der Waals surface area contributed by atoms with Gasteiger partial charge in [0.25, 0.3) is 0 Å². The second-order valence-corrected chi connectivity index (χ2v) is 6.50. The van der Waals surface area contributed by atoms with Crippen LogP contribution in [-0.4, -0.2) is 11.1 Å². The molecule has 2 aromatic rings. The first-order chi connectivity index (χ1) is 12.1. The van der Waals surface area contributed by atoms with Gasteiger partial charge in [0, 0.05) is 5.69 Å². The number of nitrogens with one attached hydrogen (secondary N) is 1. The SMILES string of the molecule is O=C(O)c1ccc(/C=C/C2CCCCC2)cc1Nc1ccc(F)cc1. The lowest BCUT2D eigenvalue weighted by atomic mass is 9.88. The number of anilines is 2. The van der Waals surface area contributed by atoms with Crippen LogP contribution in [-0.2, 0) is 0 Å². The van der Waals surface area contributed by atoms with Crippen LogP contribution in [0.15, 0.2) is 48.5 Å². The maximum Gasteiger partial charge on any atom is 0.337 e. The van der Waals surface area contributed by atoms with Crippen LogP contribution < -0.4 is 5.32 Å². The Morgan fingerprint density at radius 2 is 1.80 bits per heavy atom. The Balaban J connectivity index is 1.82. The van der Waals surface area contributed by atoms with Crippen LogP contribution in [0.4, 0.5) is 15.8 Å². The van der Waals surface area contributed by atoms with Crippen LogP contribution in [0.2, 0.25) is 0 Å². The fraction of sp³-hybridized carbons (Fsp3) is 0.286. The molecule has 2 N–H and O–H groups in total. The van der Waals surface area contributed by atoms with E-state index in [0.717, 1.165) is 5.56 Å². The molecule has 1 fully saturated rings. The normalized spacial score (nSPS) is 15.4. The number of hydrogen-bond acceptors (Lipinski definition) is 2. The molecule has 0 heterocycles. The molecule has 1 saturated carbocycles. The van der Waals surface area contributed by atoms with Gasteiger partial charge in [0.05, 0.1) is 11.3 Å². The van der Waals surface area contributed by atoms with Crippen molar-refractivity contribution in [2.45, 2.75) is 32.1 Å². The Bertz CT molecular complexity index is 762. The molecule has 0 atom stereocenters. The van der Waals surface area contributed by atoms with Crippen molar-refractivity contribution in [2.75, 3.05) is 5.32 Å². The van der Waals surface area contributed by atoms with E-state index in [1.807, 2.05) is 12.1 Å². The van der Waals surface area contributed by atoms with Crippen molar-refractivity contribution in [1.29, 1.82) is 0 Å². The van der Waals surface area contributed by atoms with Crippen LogP contribution >= 0.6 is 0 Å². The molecule has 0 amide bonds. The Labute approximate surface area is 147 Å². The smallest absolute Gasteiger partial charge is 0.337 e. The molecule has 1 aliphatic rings. The summed E-state index contributed by atoms with van der Waals surface area (Å²) >= 11 is 0. The lowest BCUT2D eigenvalue weighted by molar-refractivity contribution is 0.0698. The van der Waals surface area contributed by atoms with Gasteiger partial charge in [-0.1, -0.05) is 37.5 Å². The van der Waals surface area contributed by atoms with Crippen molar-refractivity contribution in [1.82, 2.24) is 0 Å². The topological polar surface area (TPSA) is 49.3 Å². The zero-order valence-corrected chi connectivity index (χ0v) is 14.0. The number of benzene rings is 2. The van der Waals surface area contributed by atoms with Gasteiger partial charge < -0.3 is 10.4 Å². The monoisotopic (exact) mass is 339 g/mol. The van der Waals surface area contributed by atoms with E-state index >= 15 is 0 Å². The van der Waals surface area contributed by atoms with Gasteiger partial charge in [-0.25, -0.2) is 9.18 Å². The Morgan fingerprint density at radius 1 is 1.08 bits per heavy atom. The molecule has 0 unspecified atom stereocenters. The van der Waals surface area contributed by atoms with Crippen LogP contribution in [0.1, 0.15) is 48.0 Å². The van der Waals surface area contributed by atoms with Crippen molar-refractivity contribution < 1.29 is 14.3 Å². The quantitative estimate of drug-likeness (QED) is 0.717. The predicted molar refractivity (Wildman–Crippen MR) is 98.7 cm³/mol. The molecule has 0 saturated heterocycles. The van der Waals surface area contributed by atoms with Gasteiger partial charge in [-0.05, 0) is 60.7 Å². The molecule has 0 aromatic heterocycles. The highest BCUT2D eigenvalue weighted by Gasteiger charge is 2.12.